The number of benzene rings is 2. The first-order valence-electron chi connectivity index (χ1n) is 6.81. The highest BCUT2D eigenvalue weighted by atomic mass is 19.1. The highest BCUT2D eigenvalue weighted by Gasteiger charge is 2.43. The molecule has 0 spiro atoms. The average molecular weight is 303 g/mol. The summed E-state index contributed by atoms with van der Waals surface area (Å²) in [4.78, 5) is 17.8. The van der Waals surface area contributed by atoms with Crippen LogP contribution in [-0.4, -0.2) is 36.8 Å². The number of aliphatic hydroxyl groups is 1. The van der Waals surface area contributed by atoms with E-state index in [4.69, 9.17) is 4.84 Å². The van der Waals surface area contributed by atoms with Crippen LogP contribution < -0.4 is 0 Å². The standard InChI is InChI=1S/C17H18FNO3/c1-19(22-2)16(21)17(12-20,13-6-4-3-5-7-13)14-8-10-15(18)11-9-14/h3-11,20H,12H2,1-2H3. The lowest BCUT2D eigenvalue weighted by Crippen LogP contribution is -2.48. The van der Waals surface area contributed by atoms with Gasteiger partial charge < -0.3 is 5.11 Å². The van der Waals surface area contributed by atoms with E-state index in [9.17, 15) is 14.3 Å². The zero-order valence-electron chi connectivity index (χ0n) is 12.5. The molecular weight excluding hydrogens is 285 g/mol. The normalized spacial score (nSPS) is 13.5. The van der Waals surface area contributed by atoms with Crippen LogP contribution in [0.25, 0.3) is 0 Å². The van der Waals surface area contributed by atoms with E-state index >= 15 is 0 Å². The number of likely N-dealkylation sites (N-methyl/N-ethyl adjacent to an activating group) is 1. The van der Waals surface area contributed by atoms with Crippen molar-refractivity contribution in [3.8, 4) is 0 Å². The number of hydrogen-bond donors (Lipinski definition) is 1. The summed E-state index contributed by atoms with van der Waals surface area (Å²) in [5.41, 5.74) is -0.241. The van der Waals surface area contributed by atoms with E-state index in [0.717, 1.165) is 5.06 Å². The number of halogens is 1. The van der Waals surface area contributed by atoms with Crippen LogP contribution in [0.4, 0.5) is 4.39 Å². The van der Waals surface area contributed by atoms with Gasteiger partial charge in [0.15, 0.2) is 0 Å². The molecule has 1 N–H and O–H groups in total. The lowest BCUT2D eigenvalue weighted by atomic mass is 9.74. The third kappa shape index (κ3) is 2.73. The van der Waals surface area contributed by atoms with Crippen LogP contribution in [0.1, 0.15) is 11.1 Å². The molecule has 2 aromatic rings. The number of carbonyl (C=O) groups excluding carboxylic acids is 1. The molecule has 0 radical (unpaired) electrons. The highest BCUT2D eigenvalue weighted by Crippen LogP contribution is 2.34. The second-order valence-electron chi connectivity index (χ2n) is 4.92. The molecule has 0 fully saturated rings. The Morgan fingerprint density at radius 1 is 1.14 bits per heavy atom. The molecule has 1 atom stereocenters. The zero-order chi connectivity index (χ0) is 16.2. The van der Waals surface area contributed by atoms with Gasteiger partial charge in [-0.25, -0.2) is 9.45 Å². The molecule has 1 amide bonds. The van der Waals surface area contributed by atoms with Gasteiger partial charge in [-0.05, 0) is 23.3 Å². The monoisotopic (exact) mass is 303 g/mol. The van der Waals surface area contributed by atoms with Crippen molar-refractivity contribution in [1.29, 1.82) is 0 Å². The Morgan fingerprint density at radius 3 is 2.18 bits per heavy atom. The Morgan fingerprint density at radius 2 is 1.68 bits per heavy atom. The van der Waals surface area contributed by atoms with Crippen molar-refractivity contribution in [2.75, 3.05) is 20.8 Å². The number of rotatable bonds is 5. The van der Waals surface area contributed by atoms with Gasteiger partial charge in [0.1, 0.15) is 11.2 Å². The molecule has 1 unspecified atom stereocenters. The minimum atomic E-state index is -1.35. The minimum absolute atomic E-state index is 0.406. The first-order valence-corrected chi connectivity index (χ1v) is 6.81. The molecule has 0 saturated heterocycles. The number of hydroxylamine groups is 2. The maximum absolute atomic E-state index is 13.2. The topological polar surface area (TPSA) is 49.8 Å². The Labute approximate surface area is 128 Å². The number of nitrogens with zero attached hydrogens (tertiary/aromatic N) is 1. The van der Waals surface area contributed by atoms with Crippen molar-refractivity contribution in [2.45, 2.75) is 5.41 Å². The van der Waals surface area contributed by atoms with E-state index in [2.05, 4.69) is 0 Å². The highest BCUT2D eigenvalue weighted by molar-refractivity contribution is 5.91. The van der Waals surface area contributed by atoms with Gasteiger partial charge in [-0.15, -0.1) is 0 Å². The second kappa shape index (κ2) is 6.68. The quantitative estimate of drug-likeness (QED) is 0.861. The van der Waals surface area contributed by atoms with Gasteiger partial charge in [0, 0.05) is 7.05 Å². The first kappa shape index (κ1) is 16.1. The van der Waals surface area contributed by atoms with E-state index in [1.807, 2.05) is 6.07 Å². The largest absolute Gasteiger partial charge is 0.395 e. The molecule has 22 heavy (non-hydrogen) atoms. The van der Waals surface area contributed by atoms with Gasteiger partial charge in [-0.2, -0.15) is 0 Å². The van der Waals surface area contributed by atoms with Crippen molar-refractivity contribution in [1.82, 2.24) is 5.06 Å². The van der Waals surface area contributed by atoms with Crippen LogP contribution in [0.15, 0.2) is 54.6 Å². The summed E-state index contributed by atoms with van der Waals surface area (Å²) in [6.07, 6.45) is 0. The Hall–Kier alpha value is -2.24. The molecule has 0 heterocycles. The van der Waals surface area contributed by atoms with E-state index < -0.39 is 23.7 Å². The van der Waals surface area contributed by atoms with Crippen molar-refractivity contribution >= 4 is 5.91 Å². The molecule has 2 aromatic carbocycles. The predicted molar refractivity (Wildman–Crippen MR) is 80.5 cm³/mol. The van der Waals surface area contributed by atoms with Gasteiger partial charge in [0.05, 0.1) is 13.7 Å². The number of carbonyl (C=O) groups is 1. The third-order valence-electron chi connectivity index (χ3n) is 3.77. The van der Waals surface area contributed by atoms with Crippen LogP contribution in [0, 0.1) is 5.82 Å². The lowest BCUT2D eigenvalue weighted by molar-refractivity contribution is -0.175. The van der Waals surface area contributed by atoms with Crippen LogP contribution in [0.2, 0.25) is 0 Å². The molecular formula is C17H18FNO3. The summed E-state index contributed by atoms with van der Waals surface area (Å²) in [6, 6.07) is 14.4. The Balaban J connectivity index is 2.67. The third-order valence-corrected chi connectivity index (χ3v) is 3.77. The molecule has 0 saturated carbocycles. The van der Waals surface area contributed by atoms with Gasteiger partial charge in [-0.3, -0.25) is 9.63 Å². The zero-order valence-corrected chi connectivity index (χ0v) is 12.5. The summed E-state index contributed by atoms with van der Waals surface area (Å²) >= 11 is 0. The summed E-state index contributed by atoms with van der Waals surface area (Å²) in [6.45, 7) is -0.463. The minimum Gasteiger partial charge on any atom is -0.395 e. The first-order chi connectivity index (χ1) is 10.6. The number of amides is 1. The number of hydrogen-bond acceptors (Lipinski definition) is 3. The van der Waals surface area contributed by atoms with Gasteiger partial charge >= 0.3 is 0 Å². The Bertz CT molecular complexity index is 630. The van der Waals surface area contributed by atoms with Crippen LogP contribution in [-0.2, 0) is 15.0 Å². The molecule has 0 aliphatic rings. The van der Waals surface area contributed by atoms with Crippen molar-refractivity contribution in [3.05, 3.63) is 71.5 Å². The van der Waals surface area contributed by atoms with E-state index in [-0.39, 0.29) is 0 Å². The molecule has 0 aliphatic heterocycles. The molecule has 116 valence electrons. The molecule has 5 heteroatoms. The summed E-state index contributed by atoms with van der Waals surface area (Å²) < 4.78 is 13.2. The van der Waals surface area contributed by atoms with Crippen molar-refractivity contribution in [3.63, 3.8) is 0 Å². The fraction of sp³-hybridized carbons (Fsp3) is 0.235. The fourth-order valence-electron chi connectivity index (χ4n) is 2.47. The molecule has 0 aliphatic carbocycles. The van der Waals surface area contributed by atoms with Crippen molar-refractivity contribution < 1.29 is 19.1 Å². The van der Waals surface area contributed by atoms with Gasteiger partial charge in [0.2, 0.25) is 0 Å². The number of aliphatic hydroxyl groups excluding tert-OH is 1. The van der Waals surface area contributed by atoms with Crippen molar-refractivity contribution in [2.24, 2.45) is 0 Å². The second-order valence-corrected chi connectivity index (χ2v) is 4.92. The maximum atomic E-state index is 13.2. The van der Waals surface area contributed by atoms with Gasteiger partial charge in [-0.1, -0.05) is 42.5 Å². The SMILES string of the molecule is CON(C)C(=O)C(CO)(c1ccccc1)c1ccc(F)cc1. The van der Waals surface area contributed by atoms with Gasteiger partial charge in [0.25, 0.3) is 5.91 Å². The van der Waals surface area contributed by atoms with E-state index in [1.165, 1.54) is 38.4 Å². The fourth-order valence-corrected chi connectivity index (χ4v) is 2.47. The molecule has 0 bridgehead atoms. The van der Waals surface area contributed by atoms with Crippen LogP contribution in [0.3, 0.4) is 0 Å². The smallest absolute Gasteiger partial charge is 0.263 e. The Kier molecular flexibility index (Phi) is 4.90. The average Bonchev–Trinajstić information content (AvgIpc) is 2.57. The molecule has 2 rings (SSSR count). The maximum Gasteiger partial charge on any atom is 0.263 e. The summed E-state index contributed by atoms with van der Waals surface area (Å²) in [5.74, 6) is -0.841. The van der Waals surface area contributed by atoms with E-state index in [0.29, 0.717) is 11.1 Å². The molecule has 0 aromatic heterocycles. The predicted octanol–water partition coefficient (Wildman–Crippen LogP) is 2.12. The lowest BCUT2D eigenvalue weighted by Gasteiger charge is -2.34. The summed E-state index contributed by atoms with van der Waals surface area (Å²) in [5, 5.41) is 11.1. The van der Waals surface area contributed by atoms with E-state index in [1.54, 1.807) is 24.3 Å². The summed E-state index contributed by atoms with van der Waals surface area (Å²) in [7, 11) is 2.84. The van der Waals surface area contributed by atoms with Crippen LogP contribution >= 0.6 is 0 Å². The van der Waals surface area contributed by atoms with Crippen LogP contribution in [0.5, 0.6) is 0 Å². The molecule has 4 nitrogen and oxygen atoms in total.